The summed E-state index contributed by atoms with van der Waals surface area (Å²) in [6.07, 6.45) is 1.05. The molecule has 1 aromatic rings. The first-order valence-corrected chi connectivity index (χ1v) is 9.76. The minimum Gasteiger partial charge on any atom is -0.508 e. The Morgan fingerprint density at radius 1 is 1.21 bits per heavy atom. The minimum absolute atomic E-state index is 0.111. The molecule has 1 atom stereocenters. The monoisotopic (exact) mass is 407 g/mol. The number of unbranched alkanes of at least 4 members (excludes halogenated alkanes) is 1. The van der Waals surface area contributed by atoms with E-state index in [1.54, 1.807) is 39.8 Å². The molecular weight excluding hydrogens is 374 g/mol. The molecule has 0 radical (unpaired) electrons. The van der Waals surface area contributed by atoms with Gasteiger partial charge in [0.05, 0.1) is 0 Å². The molecule has 0 saturated carbocycles. The predicted octanol–water partition coefficient (Wildman–Crippen LogP) is 2.64. The maximum Gasteiger partial charge on any atom is 0.408 e. The lowest BCUT2D eigenvalue weighted by molar-refractivity contribution is -0.138. The number of phenolic OH excluding ortho intramolecular Hbond substituents is 1. The lowest BCUT2D eigenvalue weighted by Crippen LogP contribution is -2.46. The van der Waals surface area contributed by atoms with Crippen LogP contribution in [0, 0.1) is 6.92 Å². The average molecular weight is 408 g/mol. The number of hydrogen-bond acceptors (Lipinski definition) is 5. The third-order valence-electron chi connectivity index (χ3n) is 4.18. The van der Waals surface area contributed by atoms with Crippen LogP contribution in [0.15, 0.2) is 18.2 Å². The van der Waals surface area contributed by atoms with Gasteiger partial charge in [-0.2, -0.15) is 0 Å². The maximum absolute atomic E-state index is 12.8. The van der Waals surface area contributed by atoms with Crippen molar-refractivity contribution in [2.24, 2.45) is 0 Å². The zero-order chi connectivity index (χ0) is 22.2. The Balaban J connectivity index is 2.95. The fraction of sp³-hybridized carbons (Fsp3) is 0.571. The Morgan fingerprint density at radius 3 is 2.41 bits per heavy atom. The molecule has 0 spiro atoms. The molecule has 162 valence electrons. The third kappa shape index (κ3) is 8.01. The van der Waals surface area contributed by atoms with Crippen molar-refractivity contribution in [1.82, 2.24) is 15.5 Å². The summed E-state index contributed by atoms with van der Waals surface area (Å²) >= 11 is 0. The van der Waals surface area contributed by atoms with Gasteiger partial charge in [0.25, 0.3) is 0 Å². The topological polar surface area (TPSA) is 108 Å². The van der Waals surface area contributed by atoms with Crippen LogP contribution >= 0.6 is 0 Å². The van der Waals surface area contributed by atoms with Crippen molar-refractivity contribution in [3.05, 3.63) is 29.3 Å². The van der Waals surface area contributed by atoms with Crippen LogP contribution in [-0.4, -0.2) is 53.7 Å². The zero-order valence-electron chi connectivity index (χ0n) is 18.2. The number of nitrogens with one attached hydrogen (secondary N) is 2. The van der Waals surface area contributed by atoms with Gasteiger partial charge in [0.1, 0.15) is 23.9 Å². The number of aryl methyl sites for hydroxylation is 1. The number of likely N-dealkylation sites (N-methyl/N-ethyl adjacent to an activating group) is 1. The second-order valence-corrected chi connectivity index (χ2v) is 7.95. The Morgan fingerprint density at radius 2 is 1.86 bits per heavy atom. The highest BCUT2D eigenvalue weighted by molar-refractivity contribution is 5.90. The van der Waals surface area contributed by atoms with Crippen LogP contribution in [0.1, 0.15) is 57.7 Å². The van der Waals surface area contributed by atoms with Crippen LogP contribution in [0.5, 0.6) is 5.75 Å². The van der Waals surface area contributed by atoms with Gasteiger partial charge < -0.3 is 25.4 Å². The van der Waals surface area contributed by atoms with E-state index < -0.39 is 23.6 Å². The molecule has 1 unspecified atom stereocenters. The summed E-state index contributed by atoms with van der Waals surface area (Å²) in [6, 6.07) is 3.88. The van der Waals surface area contributed by atoms with E-state index in [4.69, 9.17) is 4.74 Å². The normalized spacial score (nSPS) is 12.1. The number of hydrogen-bond donors (Lipinski definition) is 3. The van der Waals surface area contributed by atoms with E-state index in [0.29, 0.717) is 17.7 Å². The zero-order valence-corrected chi connectivity index (χ0v) is 18.2. The number of aromatic hydroxyl groups is 1. The first-order chi connectivity index (χ1) is 13.5. The van der Waals surface area contributed by atoms with Gasteiger partial charge in [-0.25, -0.2) is 4.79 Å². The fourth-order valence-corrected chi connectivity index (χ4v) is 2.62. The van der Waals surface area contributed by atoms with Crippen LogP contribution in [-0.2, 0) is 14.3 Å². The molecule has 0 aliphatic heterocycles. The van der Waals surface area contributed by atoms with Crippen LogP contribution in [0.2, 0.25) is 0 Å². The van der Waals surface area contributed by atoms with Gasteiger partial charge in [0.2, 0.25) is 11.8 Å². The smallest absolute Gasteiger partial charge is 0.408 e. The second-order valence-electron chi connectivity index (χ2n) is 7.95. The van der Waals surface area contributed by atoms with Crippen molar-refractivity contribution < 1.29 is 24.2 Å². The highest BCUT2D eigenvalue weighted by Crippen LogP contribution is 2.25. The van der Waals surface area contributed by atoms with Crippen molar-refractivity contribution >= 4 is 17.9 Å². The van der Waals surface area contributed by atoms with Crippen molar-refractivity contribution in [3.8, 4) is 5.75 Å². The number of carbonyl (C=O) groups excluding carboxylic acids is 3. The van der Waals surface area contributed by atoms with E-state index in [9.17, 15) is 19.5 Å². The highest BCUT2D eigenvalue weighted by atomic mass is 16.6. The summed E-state index contributed by atoms with van der Waals surface area (Å²) in [7, 11) is 1.51. The van der Waals surface area contributed by atoms with Gasteiger partial charge in [-0.3, -0.25) is 9.59 Å². The molecule has 0 bridgehead atoms. The molecular formula is C21H33N3O5. The Labute approximate surface area is 172 Å². The number of rotatable bonds is 8. The first-order valence-electron chi connectivity index (χ1n) is 9.76. The molecule has 8 nitrogen and oxygen atoms in total. The molecule has 3 amide bonds. The van der Waals surface area contributed by atoms with Gasteiger partial charge in [-0.15, -0.1) is 0 Å². The molecule has 8 heteroatoms. The van der Waals surface area contributed by atoms with Crippen LogP contribution in [0.25, 0.3) is 0 Å². The number of ether oxygens (including phenoxy) is 1. The molecule has 0 aromatic heterocycles. The minimum atomic E-state index is -0.890. The molecule has 0 fully saturated rings. The largest absolute Gasteiger partial charge is 0.508 e. The summed E-state index contributed by atoms with van der Waals surface area (Å²) in [5, 5.41) is 15.0. The standard InChI is InChI=1S/C21H33N3O5/c1-7-8-11-22-19(27)18(15-9-10-16(25)14(2)12-15)24(6)17(26)13-23-20(28)29-21(3,4)5/h9-10,12,18,25H,7-8,11,13H2,1-6H3,(H,22,27)(H,23,28). The lowest BCUT2D eigenvalue weighted by atomic mass is 10.0. The molecule has 0 saturated heterocycles. The maximum atomic E-state index is 12.8. The van der Waals surface area contributed by atoms with E-state index in [1.807, 2.05) is 6.92 Å². The predicted molar refractivity (Wildman–Crippen MR) is 111 cm³/mol. The third-order valence-corrected chi connectivity index (χ3v) is 4.18. The van der Waals surface area contributed by atoms with Crippen molar-refractivity contribution in [2.45, 2.75) is 59.1 Å². The SMILES string of the molecule is CCCCNC(=O)C(c1ccc(O)c(C)c1)N(C)C(=O)CNC(=O)OC(C)(C)C. The average Bonchev–Trinajstić information content (AvgIpc) is 2.61. The summed E-state index contributed by atoms with van der Waals surface area (Å²) in [6.45, 7) is 9.11. The van der Waals surface area contributed by atoms with Crippen LogP contribution in [0.4, 0.5) is 4.79 Å². The fourth-order valence-electron chi connectivity index (χ4n) is 2.62. The molecule has 3 N–H and O–H groups in total. The van der Waals surface area contributed by atoms with Gasteiger partial charge in [0.15, 0.2) is 0 Å². The number of nitrogens with zero attached hydrogens (tertiary/aromatic N) is 1. The number of alkyl carbamates (subject to hydrolysis) is 1. The Hall–Kier alpha value is -2.77. The molecule has 0 aliphatic rings. The van der Waals surface area contributed by atoms with Gasteiger partial charge in [0, 0.05) is 13.6 Å². The summed E-state index contributed by atoms with van der Waals surface area (Å²) in [4.78, 5) is 38.5. The van der Waals surface area contributed by atoms with E-state index in [1.165, 1.54) is 18.0 Å². The summed E-state index contributed by atoms with van der Waals surface area (Å²) in [5.41, 5.74) is 0.494. The van der Waals surface area contributed by atoms with Gasteiger partial charge in [-0.05, 0) is 57.4 Å². The molecule has 0 heterocycles. The van der Waals surface area contributed by atoms with Crippen LogP contribution in [0.3, 0.4) is 0 Å². The molecule has 1 rings (SSSR count). The molecule has 29 heavy (non-hydrogen) atoms. The van der Waals surface area contributed by atoms with Crippen LogP contribution < -0.4 is 10.6 Å². The van der Waals surface area contributed by atoms with E-state index in [0.717, 1.165) is 12.8 Å². The van der Waals surface area contributed by atoms with Crippen molar-refractivity contribution in [3.63, 3.8) is 0 Å². The van der Waals surface area contributed by atoms with Crippen molar-refractivity contribution in [2.75, 3.05) is 20.1 Å². The summed E-state index contributed by atoms with van der Waals surface area (Å²) < 4.78 is 5.13. The van der Waals surface area contributed by atoms with E-state index >= 15 is 0 Å². The number of amides is 3. The summed E-state index contributed by atoms with van der Waals surface area (Å²) in [5.74, 6) is -0.659. The van der Waals surface area contributed by atoms with E-state index in [2.05, 4.69) is 10.6 Å². The number of carbonyl (C=O) groups is 3. The number of benzene rings is 1. The quantitative estimate of drug-likeness (QED) is 0.574. The Kier molecular flexibility index (Phi) is 8.94. The lowest BCUT2D eigenvalue weighted by Gasteiger charge is -2.28. The highest BCUT2D eigenvalue weighted by Gasteiger charge is 2.29. The van der Waals surface area contributed by atoms with Gasteiger partial charge in [-0.1, -0.05) is 19.4 Å². The van der Waals surface area contributed by atoms with Crippen molar-refractivity contribution in [1.29, 1.82) is 0 Å². The molecule has 0 aliphatic carbocycles. The van der Waals surface area contributed by atoms with E-state index in [-0.39, 0.29) is 18.2 Å². The first kappa shape index (κ1) is 24.3. The number of phenols is 1. The Bertz CT molecular complexity index is 728. The van der Waals surface area contributed by atoms with Gasteiger partial charge >= 0.3 is 6.09 Å². The second kappa shape index (κ2) is 10.7. The molecule has 1 aromatic carbocycles.